The molecule has 1 N–H and O–H groups in total. The van der Waals surface area contributed by atoms with E-state index in [9.17, 15) is 0 Å². The molecule has 2 atom stereocenters. The Morgan fingerprint density at radius 3 is 2.35 bits per heavy atom. The summed E-state index contributed by atoms with van der Waals surface area (Å²) in [6.45, 7) is 7.19. The molecule has 0 bridgehead atoms. The molecule has 1 aliphatic carbocycles. The van der Waals surface area contributed by atoms with Gasteiger partial charge in [0.05, 0.1) is 12.2 Å². The summed E-state index contributed by atoms with van der Waals surface area (Å²) in [7, 11) is 2.01. The van der Waals surface area contributed by atoms with Gasteiger partial charge in [-0.2, -0.15) is 0 Å². The lowest BCUT2D eigenvalue weighted by atomic mass is 10.1. The predicted molar refractivity (Wildman–Crippen MR) is 82.1 cm³/mol. The van der Waals surface area contributed by atoms with Crippen molar-refractivity contribution in [3.05, 3.63) is 0 Å². The lowest BCUT2D eigenvalue weighted by molar-refractivity contribution is 0.00917. The van der Waals surface area contributed by atoms with E-state index in [0.29, 0.717) is 12.2 Å². The molecule has 0 aromatic rings. The zero-order valence-electron chi connectivity index (χ0n) is 13.0. The number of ether oxygens (including phenoxy) is 1. The minimum atomic E-state index is 0.449. The normalized spacial score (nSPS) is 34.0. The smallest absolute Gasteiger partial charge is 0.0707 e. The summed E-state index contributed by atoms with van der Waals surface area (Å²) in [5.74, 6) is 0. The van der Waals surface area contributed by atoms with E-state index < -0.39 is 0 Å². The first-order chi connectivity index (χ1) is 9.85. The average Bonchev–Trinajstić information content (AvgIpc) is 3.12. The Hall–Kier alpha value is -0.160. The Bertz CT molecular complexity index is 285. The highest BCUT2D eigenvalue weighted by atomic mass is 16.5. The summed E-state index contributed by atoms with van der Waals surface area (Å²) in [6.07, 6.45) is 9.19. The average molecular weight is 281 g/mol. The monoisotopic (exact) mass is 281 g/mol. The molecule has 1 saturated carbocycles. The molecule has 2 heterocycles. The Balaban J connectivity index is 1.36. The molecule has 0 aromatic heterocycles. The van der Waals surface area contributed by atoms with Crippen LogP contribution in [0.25, 0.3) is 0 Å². The van der Waals surface area contributed by atoms with Gasteiger partial charge in [0.15, 0.2) is 0 Å². The quantitative estimate of drug-likeness (QED) is 0.822. The maximum atomic E-state index is 6.11. The number of nitrogens with one attached hydrogen (secondary N) is 1. The first kappa shape index (κ1) is 14.8. The summed E-state index contributed by atoms with van der Waals surface area (Å²) in [4.78, 5) is 5.36. The SMILES string of the molecule is CNCC1CCC(CN2CCN(C3CCCC3)CC2)O1. The fraction of sp³-hybridized carbons (Fsp3) is 1.00. The topological polar surface area (TPSA) is 27.7 Å². The third kappa shape index (κ3) is 3.73. The zero-order chi connectivity index (χ0) is 13.8. The van der Waals surface area contributed by atoms with E-state index in [0.717, 1.165) is 19.1 Å². The molecule has 0 amide bonds. The first-order valence-electron chi connectivity index (χ1n) is 8.61. The van der Waals surface area contributed by atoms with E-state index in [1.54, 1.807) is 0 Å². The zero-order valence-corrected chi connectivity index (χ0v) is 13.0. The fourth-order valence-corrected chi connectivity index (χ4v) is 4.16. The summed E-state index contributed by atoms with van der Waals surface area (Å²) in [5, 5.41) is 3.23. The van der Waals surface area contributed by atoms with Gasteiger partial charge in [-0.15, -0.1) is 0 Å². The van der Waals surface area contributed by atoms with Crippen molar-refractivity contribution in [2.45, 2.75) is 56.8 Å². The second kappa shape index (κ2) is 7.21. The maximum Gasteiger partial charge on any atom is 0.0707 e. The molecule has 3 rings (SSSR count). The van der Waals surface area contributed by atoms with Crippen LogP contribution < -0.4 is 5.32 Å². The largest absolute Gasteiger partial charge is 0.372 e. The van der Waals surface area contributed by atoms with E-state index in [1.165, 1.54) is 64.7 Å². The lowest BCUT2D eigenvalue weighted by Gasteiger charge is -2.38. The number of hydrogen-bond donors (Lipinski definition) is 1. The number of nitrogens with zero attached hydrogens (tertiary/aromatic N) is 2. The van der Waals surface area contributed by atoms with Gasteiger partial charge < -0.3 is 10.1 Å². The van der Waals surface area contributed by atoms with Gasteiger partial charge in [0.25, 0.3) is 0 Å². The van der Waals surface area contributed by atoms with E-state index in [2.05, 4.69) is 15.1 Å². The van der Waals surface area contributed by atoms with Crippen molar-refractivity contribution in [3.8, 4) is 0 Å². The molecule has 4 nitrogen and oxygen atoms in total. The molecule has 4 heteroatoms. The Morgan fingerprint density at radius 2 is 1.65 bits per heavy atom. The van der Waals surface area contributed by atoms with Crippen molar-refractivity contribution >= 4 is 0 Å². The minimum Gasteiger partial charge on any atom is -0.372 e. The summed E-state index contributed by atoms with van der Waals surface area (Å²) < 4.78 is 6.11. The Morgan fingerprint density at radius 1 is 0.950 bits per heavy atom. The van der Waals surface area contributed by atoms with Crippen molar-refractivity contribution in [1.82, 2.24) is 15.1 Å². The molecular formula is C16H31N3O. The molecule has 20 heavy (non-hydrogen) atoms. The van der Waals surface area contributed by atoms with Crippen LogP contribution in [-0.2, 0) is 4.74 Å². The van der Waals surface area contributed by atoms with E-state index in [1.807, 2.05) is 7.05 Å². The van der Waals surface area contributed by atoms with Crippen LogP contribution in [0.2, 0.25) is 0 Å². The maximum absolute atomic E-state index is 6.11. The molecule has 0 spiro atoms. The molecule has 0 radical (unpaired) electrons. The van der Waals surface area contributed by atoms with Gasteiger partial charge in [-0.05, 0) is 32.7 Å². The van der Waals surface area contributed by atoms with E-state index >= 15 is 0 Å². The summed E-state index contributed by atoms with van der Waals surface area (Å²) in [5.41, 5.74) is 0. The van der Waals surface area contributed by atoms with Crippen LogP contribution >= 0.6 is 0 Å². The second-order valence-corrected chi connectivity index (χ2v) is 6.79. The minimum absolute atomic E-state index is 0.449. The van der Waals surface area contributed by atoms with Crippen LogP contribution in [0.5, 0.6) is 0 Å². The van der Waals surface area contributed by atoms with Crippen molar-refractivity contribution in [1.29, 1.82) is 0 Å². The van der Waals surface area contributed by atoms with Crippen LogP contribution in [0.4, 0.5) is 0 Å². The number of rotatable bonds is 5. The molecule has 2 aliphatic heterocycles. The van der Waals surface area contributed by atoms with Crippen molar-refractivity contribution in [2.75, 3.05) is 46.3 Å². The van der Waals surface area contributed by atoms with Gasteiger partial charge in [-0.3, -0.25) is 9.80 Å². The van der Waals surface area contributed by atoms with Gasteiger partial charge in [-0.25, -0.2) is 0 Å². The van der Waals surface area contributed by atoms with Crippen LogP contribution in [-0.4, -0.2) is 74.4 Å². The summed E-state index contributed by atoms with van der Waals surface area (Å²) in [6, 6.07) is 0.903. The molecule has 2 saturated heterocycles. The Labute approximate surface area is 123 Å². The predicted octanol–water partition coefficient (Wildman–Crippen LogP) is 1.31. The van der Waals surface area contributed by atoms with Crippen molar-refractivity contribution in [2.24, 2.45) is 0 Å². The first-order valence-corrected chi connectivity index (χ1v) is 8.61. The Kier molecular flexibility index (Phi) is 5.32. The standard InChI is InChI=1S/C16H31N3O/c1-17-12-15-6-7-16(20-15)13-18-8-10-19(11-9-18)14-4-2-3-5-14/h14-17H,2-13H2,1H3. The van der Waals surface area contributed by atoms with Gasteiger partial charge in [0.1, 0.15) is 0 Å². The molecule has 3 fully saturated rings. The number of likely N-dealkylation sites (N-methyl/N-ethyl adjacent to an activating group) is 1. The molecular weight excluding hydrogens is 250 g/mol. The van der Waals surface area contributed by atoms with Crippen molar-refractivity contribution < 1.29 is 4.74 Å². The highest BCUT2D eigenvalue weighted by Crippen LogP contribution is 2.25. The number of piperazine rings is 1. The van der Waals surface area contributed by atoms with Gasteiger partial charge in [0, 0.05) is 45.3 Å². The highest BCUT2D eigenvalue weighted by molar-refractivity contribution is 4.84. The van der Waals surface area contributed by atoms with Crippen LogP contribution in [0.3, 0.4) is 0 Å². The molecule has 116 valence electrons. The fourth-order valence-electron chi connectivity index (χ4n) is 4.16. The highest BCUT2D eigenvalue weighted by Gasteiger charge is 2.29. The number of hydrogen-bond acceptors (Lipinski definition) is 4. The lowest BCUT2D eigenvalue weighted by Crippen LogP contribution is -2.51. The third-order valence-corrected chi connectivity index (χ3v) is 5.34. The van der Waals surface area contributed by atoms with E-state index in [4.69, 9.17) is 4.74 Å². The van der Waals surface area contributed by atoms with E-state index in [-0.39, 0.29) is 0 Å². The molecule has 3 aliphatic rings. The van der Waals surface area contributed by atoms with Gasteiger partial charge >= 0.3 is 0 Å². The van der Waals surface area contributed by atoms with Crippen molar-refractivity contribution in [3.63, 3.8) is 0 Å². The second-order valence-electron chi connectivity index (χ2n) is 6.79. The van der Waals surface area contributed by atoms with Crippen LogP contribution in [0.15, 0.2) is 0 Å². The third-order valence-electron chi connectivity index (χ3n) is 5.34. The molecule has 2 unspecified atom stereocenters. The van der Waals surface area contributed by atoms with Gasteiger partial charge in [0.2, 0.25) is 0 Å². The molecule has 0 aromatic carbocycles. The van der Waals surface area contributed by atoms with Gasteiger partial charge in [-0.1, -0.05) is 12.8 Å². The van der Waals surface area contributed by atoms with Crippen LogP contribution in [0, 0.1) is 0 Å². The van der Waals surface area contributed by atoms with Crippen LogP contribution in [0.1, 0.15) is 38.5 Å². The summed E-state index contributed by atoms with van der Waals surface area (Å²) >= 11 is 0.